The van der Waals surface area contributed by atoms with Gasteiger partial charge in [-0.05, 0) is 30.0 Å². The van der Waals surface area contributed by atoms with E-state index in [-0.39, 0.29) is 30.9 Å². The molecule has 1 rings (SSSR count). The zero-order valence-electron chi connectivity index (χ0n) is 12.8. The van der Waals surface area contributed by atoms with E-state index >= 15 is 0 Å². The molecule has 116 valence electrons. The lowest BCUT2D eigenvalue weighted by Crippen LogP contribution is -2.39. The van der Waals surface area contributed by atoms with Gasteiger partial charge in [0.25, 0.3) is 0 Å². The lowest BCUT2D eigenvalue weighted by molar-refractivity contribution is -0.121. The van der Waals surface area contributed by atoms with Crippen molar-refractivity contribution >= 4 is 17.5 Å². The first kappa shape index (κ1) is 17.2. The minimum absolute atomic E-state index is 0.0502. The molecule has 0 fully saturated rings. The van der Waals surface area contributed by atoms with E-state index in [9.17, 15) is 14.7 Å². The molecular formula is C16H24N2O3. The summed E-state index contributed by atoms with van der Waals surface area (Å²) in [4.78, 5) is 22.9. The Morgan fingerprint density at radius 3 is 2.29 bits per heavy atom. The maximum absolute atomic E-state index is 11.9. The van der Waals surface area contributed by atoms with Crippen LogP contribution in [0.25, 0.3) is 0 Å². The molecule has 1 unspecified atom stereocenters. The average molecular weight is 292 g/mol. The summed E-state index contributed by atoms with van der Waals surface area (Å²) in [5, 5.41) is 14.8. The first-order valence-corrected chi connectivity index (χ1v) is 7.17. The summed E-state index contributed by atoms with van der Waals surface area (Å²) in [5.41, 5.74) is 1.57. The van der Waals surface area contributed by atoms with Crippen LogP contribution in [-0.2, 0) is 16.0 Å². The molecule has 0 saturated carbocycles. The number of hydrogen-bond donors (Lipinski definition) is 3. The third-order valence-electron chi connectivity index (χ3n) is 2.98. The molecule has 5 heteroatoms. The van der Waals surface area contributed by atoms with E-state index in [2.05, 4.69) is 24.5 Å². The Kier molecular flexibility index (Phi) is 6.88. The maximum Gasteiger partial charge on any atom is 0.224 e. The Bertz CT molecular complexity index is 469. The van der Waals surface area contributed by atoms with Gasteiger partial charge >= 0.3 is 0 Å². The van der Waals surface area contributed by atoms with Crippen molar-refractivity contribution in [2.24, 2.45) is 5.92 Å². The molecule has 1 aromatic carbocycles. The highest BCUT2D eigenvalue weighted by Gasteiger charge is 2.13. The van der Waals surface area contributed by atoms with E-state index in [0.717, 1.165) is 12.0 Å². The standard InChI is InChI=1S/C16H24N2O3/c1-11(2)8-15(10-19)18-16(21)9-13-4-6-14(7-5-13)17-12(3)20/h4-7,11,15,19H,8-10H2,1-3H3,(H,17,20)(H,18,21). The number of aliphatic hydroxyl groups is 1. The molecule has 21 heavy (non-hydrogen) atoms. The lowest BCUT2D eigenvalue weighted by atomic mass is 10.0. The summed E-state index contributed by atoms with van der Waals surface area (Å²) < 4.78 is 0. The van der Waals surface area contributed by atoms with Crippen LogP contribution >= 0.6 is 0 Å². The Hall–Kier alpha value is -1.88. The molecule has 0 aliphatic rings. The predicted molar refractivity (Wildman–Crippen MR) is 82.9 cm³/mol. The van der Waals surface area contributed by atoms with Gasteiger partial charge < -0.3 is 15.7 Å². The molecule has 0 saturated heterocycles. The minimum Gasteiger partial charge on any atom is -0.394 e. The van der Waals surface area contributed by atoms with Crippen LogP contribution in [0, 0.1) is 5.92 Å². The van der Waals surface area contributed by atoms with E-state index in [1.54, 1.807) is 24.3 Å². The molecular weight excluding hydrogens is 268 g/mol. The van der Waals surface area contributed by atoms with Crippen LogP contribution in [0.4, 0.5) is 5.69 Å². The molecule has 0 aliphatic heterocycles. The normalized spacial score (nSPS) is 12.0. The van der Waals surface area contributed by atoms with Crippen molar-refractivity contribution in [2.45, 2.75) is 39.7 Å². The fourth-order valence-electron chi connectivity index (χ4n) is 2.12. The highest BCUT2D eigenvalue weighted by molar-refractivity contribution is 5.88. The van der Waals surface area contributed by atoms with Gasteiger partial charge in [-0.25, -0.2) is 0 Å². The van der Waals surface area contributed by atoms with Crippen LogP contribution in [0.1, 0.15) is 32.8 Å². The Morgan fingerprint density at radius 2 is 1.81 bits per heavy atom. The van der Waals surface area contributed by atoms with Crippen molar-refractivity contribution in [2.75, 3.05) is 11.9 Å². The first-order valence-electron chi connectivity index (χ1n) is 7.17. The largest absolute Gasteiger partial charge is 0.394 e. The molecule has 5 nitrogen and oxygen atoms in total. The van der Waals surface area contributed by atoms with E-state index in [1.165, 1.54) is 6.92 Å². The topological polar surface area (TPSA) is 78.4 Å². The summed E-state index contributed by atoms with van der Waals surface area (Å²) in [6.45, 7) is 5.50. The third-order valence-corrected chi connectivity index (χ3v) is 2.98. The fraction of sp³-hybridized carbons (Fsp3) is 0.500. The third kappa shape index (κ3) is 6.90. The highest BCUT2D eigenvalue weighted by Crippen LogP contribution is 2.10. The predicted octanol–water partition coefficient (Wildman–Crippen LogP) is 1.71. The highest BCUT2D eigenvalue weighted by atomic mass is 16.3. The van der Waals surface area contributed by atoms with Crippen LogP contribution in [0.3, 0.4) is 0 Å². The second kappa shape index (κ2) is 8.42. The Morgan fingerprint density at radius 1 is 1.19 bits per heavy atom. The van der Waals surface area contributed by atoms with Gasteiger partial charge in [-0.3, -0.25) is 9.59 Å². The van der Waals surface area contributed by atoms with E-state index in [0.29, 0.717) is 11.6 Å². The smallest absolute Gasteiger partial charge is 0.224 e. The molecule has 2 amide bonds. The number of aliphatic hydroxyl groups excluding tert-OH is 1. The SMILES string of the molecule is CC(=O)Nc1ccc(CC(=O)NC(CO)CC(C)C)cc1. The Balaban J connectivity index is 2.52. The zero-order chi connectivity index (χ0) is 15.8. The number of benzene rings is 1. The van der Waals surface area contributed by atoms with E-state index < -0.39 is 0 Å². The van der Waals surface area contributed by atoms with Crippen molar-refractivity contribution in [1.29, 1.82) is 0 Å². The van der Waals surface area contributed by atoms with Gasteiger partial charge in [0.05, 0.1) is 19.1 Å². The number of amides is 2. The van der Waals surface area contributed by atoms with Gasteiger partial charge in [0.2, 0.25) is 11.8 Å². The lowest BCUT2D eigenvalue weighted by Gasteiger charge is -2.18. The van der Waals surface area contributed by atoms with Crippen molar-refractivity contribution in [3.63, 3.8) is 0 Å². The van der Waals surface area contributed by atoms with Gasteiger partial charge in [-0.15, -0.1) is 0 Å². The summed E-state index contributed by atoms with van der Waals surface area (Å²) >= 11 is 0. The molecule has 1 aromatic rings. The second-order valence-corrected chi connectivity index (χ2v) is 5.63. The van der Waals surface area contributed by atoms with Crippen LogP contribution < -0.4 is 10.6 Å². The van der Waals surface area contributed by atoms with Crippen molar-refractivity contribution in [3.8, 4) is 0 Å². The number of nitrogens with one attached hydrogen (secondary N) is 2. The molecule has 3 N–H and O–H groups in total. The minimum atomic E-state index is -0.198. The van der Waals surface area contributed by atoms with Crippen molar-refractivity contribution in [1.82, 2.24) is 5.32 Å². The molecule has 0 heterocycles. The van der Waals surface area contributed by atoms with Gasteiger partial charge in [0.1, 0.15) is 0 Å². The Labute approximate surface area is 125 Å². The van der Waals surface area contributed by atoms with Crippen LogP contribution in [0.15, 0.2) is 24.3 Å². The van der Waals surface area contributed by atoms with Gasteiger partial charge in [0, 0.05) is 12.6 Å². The number of rotatable bonds is 7. The first-order chi connectivity index (χ1) is 9.90. The number of hydrogen-bond acceptors (Lipinski definition) is 3. The van der Waals surface area contributed by atoms with Crippen LogP contribution in [0.5, 0.6) is 0 Å². The summed E-state index contributed by atoms with van der Waals surface area (Å²) in [7, 11) is 0. The van der Waals surface area contributed by atoms with Gasteiger partial charge in [-0.2, -0.15) is 0 Å². The van der Waals surface area contributed by atoms with Crippen LogP contribution in [-0.4, -0.2) is 29.6 Å². The van der Waals surface area contributed by atoms with Crippen LogP contribution in [0.2, 0.25) is 0 Å². The summed E-state index contributed by atoms with van der Waals surface area (Å²) in [5.74, 6) is 0.182. The average Bonchev–Trinajstić information content (AvgIpc) is 2.39. The number of anilines is 1. The number of carbonyl (C=O) groups is 2. The molecule has 0 aromatic heterocycles. The molecule has 1 atom stereocenters. The van der Waals surface area contributed by atoms with Gasteiger partial charge in [-0.1, -0.05) is 26.0 Å². The summed E-state index contributed by atoms with van der Waals surface area (Å²) in [6, 6.07) is 6.95. The fourth-order valence-corrected chi connectivity index (χ4v) is 2.12. The van der Waals surface area contributed by atoms with Crippen molar-refractivity contribution in [3.05, 3.63) is 29.8 Å². The van der Waals surface area contributed by atoms with Crippen molar-refractivity contribution < 1.29 is 14.7 Å². The zero-order valence-corrected chi connectivity index (χ0v) is 12.8. The molecule has 0 bridgehead atoms. The maximum atomic E-state index is 11.9. The van der Waals surface area contributed by atoms with Gasteiger partial charge in [0.15, 0.2) is 0 Å². The summed E-state index contributed by atoms with van der Waals surface area (Å²) in [6.07, 6.45) is 1.01. The van der Waals surface area contributed by atoms with E-state index in [1.807, 2.05) is 0 Å². The second-order valence-electron chi connectivity index (χ2n) is 5.63. The molecule has 0 aliphatic carbocycles. The quantitative estimate of drug-likeness (QED) is 0.716. The monoisotopic (exact) mass is 292 g/mol. The molecule has 0 radical (unpaired) electrons. The van der Waals surface area contributed by atoms with E-state index in [4.69, 9.17) is 0 Å². The number of carbonyl (C=O) groups excluding carboxylic acids is 2. The molecule has 0 spiro atoms.